The Morgan fingerprint density at radius 1 is 1.00 bits per heavy atom. The SMILES string of the molecule is O=C(NCc1ccnc(-c2cccnc2)c1)OCc1ccccc1. The number of hydrogen-bond acceptors (Lipinski definition) is 4. The van der Waals surface area contributed by atoms with Gasteiger partial charge >= 0.3 is 6.09 Å². The van der Waals surface area contributed by atoms with Crippen LogP contribution in [0.25, 0.3) is 11.3 Å². The maximum absolute atomic E-state index is 11.8. The number of amides is 1. The van der Waals surface area contributed by atoms with Gasteiger partial charge in [0.25, 0.3) is 0 Å². The number of carbonyl (C=O) groups is 1. The molecular weight excluding hydrogens is 302 g/mol. The molecule has 0 aliphatic heterocycles. The summed E-state index contributed by atoms with van der Waals surface area (Å²) in [5.41, 5.74) is 3.65. The predicted octanol–water partition coefficient (Wildman–Crippen LogP) is 3.57. The van der Waals surface area contributed by atoms with Crippen molar-refractivity contribution in [3.8, 4) is 11.3 Å². The normalized spacial score (nSPS) is 10.2. The van der Waals surface area contributed by atoms with E-state index in [9.17, 15) is 4.79 Å². The number of alkyl carbamates (subject to hydrolysis) is 1. The van der Waals surface area contributed by atoms with E-state index in [1.807, 2.05) is 54.6 Å². The first-order valence-corrected chi connectivity index (χ1v) is 7.61. The average molecular weight is 319 g/mol. The summed E-state index contributed by atoms with van der Waals surface area (Å²) in [5, 5.41) is 2.74. The summed E-state index contributed by atoms with van der Waals surface area (Å²) in [6.45, 7) is 0.632. The second-order valence-corrected chi connectivity index (χ2v) is 5.21. The fourth-order valence-electron chi connectivity index (χ4n) is 2.20. The molecule has 0 aliphatic rings. The lowest BCUT2D eigenvalue weighted by Crippen LogP contribution is -2.23. The zero-order valence-corrected chi connectivity index (χ0v) is 13.1. The van der Waals surface area contributed by atoms with Gasteiger partial charge in [0, 0.05) is 30.7 Å². The summed E-state index contributed by atoms with van der Waals surface area (Å²) in [5.74, 6) is 0. The van der Waals surface area contributed by atoms with Crippen LogP contribution in [0.3, 0.4) is 0 Å². The van der Waals surface area contributed by atoms with Crippen LogP contribution in [0.4, 0.5) is 4.79 Å². The summed E-state index contributed by atoms with van der Waals surface area (Å²) in [6.07, 6.45) is 4.75. The maximum atomic E-state index is 11.8. The Bertz CT molecular complexity index is 792. The highest BCUT2D eigenvalue weighted by Gasteiger charge is 2.05. The number of hydrogen-bond donors (Lipinski definition) is 1. The minimum Gasteiger partial charge on any atom is -0.445 e. The fraction of sp³-hybridized carbons (Fsp3) is 0.105. The van der Waals surface area contributed by atoms with E-state index in [1.54, 1.807) is 18.6 Å². The summed E-state index contributed by atoms with van der Waals surface area (Å²) in [6, 6.07) is 17.2. The molecule has 0 saturated heterocycles. The smallest absolute Gasteiger partial charge is 0.407 e. The Morgan fingerprint density at radius 3 is 2.67 bits per heavy atom. The van der Waals surface area contributed by atoms with E-state index >= 15 is 0 Å². The van der Waals surface area contributed by atoms with Crippen molar-refractivity contribution < 1.29 is 9.53 Å². The van der Waals surface area contributed by atoms with E-state index < -0.39 is 6.09 Å². The van der Waals surface area contributed by atoms with Crippen LogP contribution in [0.15, 0.2) is 73.2 Å². The second-order valence-electron chi connectivity index (χ2n) is 5.21. The minimum atomic E-state index is -0.446. The number of carbonyl (C=O) groups excluding carboxylic acids is 1. The molecule has 0 spiro atoms. The van der Waals surface area contributed by atoms with Crippen molar-refractivity contribution in [1.82, 2.24) is 15.3 Å². The van der Waals surface area contributed by atoms with Crippen molar-refractivity contribution in [3.05, 3.63) is 84.3 Å². The zero-order valence-electron chi connectivity index (χ0n) is 13.1. The predicted molar refractivity (Wildman–Crippen MR) is 90.9 cm³/mol. The van der Waals surface area contributed by atoms with Crippen LogP contribution in [-0.2, 0) is 17.9 Å². The third-order valence-corrected chi connectivity index (χ3v) is 3.43. The number of aromatic nitrogens is 2. The Hall–Kier alpha value is -3.21. The third kappa shape index (κ3) is 4.39. The summed E-state index contributed by atoms with van der Waals surface area (Å²) in [7, 11) is 0. The van der Waals surface area contributed by atoms with E-state index in [-0.39, 0.29) is 6.61 Å². The van der Waals surface area contributed by atoms with Gasteiger partial charge in [-0.05, 0) is 35.4 Å². The van der Waals surface area contributed by atoms with Gasteiger partial charge in [-0.1, -0.05) is 30.3 Å². The van der Waals surface area contributed by atoms with Gasteiger partial charge in [0.05, 0.1) is 5.69 Å². The molecule has 24 heavy (non-hydrogen) atoms. The molecular formula is C19H17N3O2. The molecule has 0 atom stereocenters. The van der Waals surface area contributed by atoms with Crippen molar-refractivity contribution >= 4 is 6.09 Å². The summed E-state index contributed by atoms with van der Waals surface area (Å²) < 4.78 is 5.19. The van der Waals surface area contributed by atoms with E-state index in [2.05, 4.69) is 15.3 Å². The topological polar surface area (TPSA) is 64.1 Å². The zero-order chi connectivity index (χ0) is 16.6. The first-order chi connectivity index (χ1) is 11.8. The molecule has 0 radical (unpaired) electrons. The Balaban J connectivity index is 1.54. The van der Waals surface area contributed by atoms with Crippen LogP contribution in [0, 0.1) is 0 Å². The monoisotopic (exact) mass is 319 g/mol. The number of rotatable bonds is 5. The van der Waals surface area contributed by atoms with Crippen LogP contribution in [0.5, 0.6) is 0 Å². The van der Waals surface area contributed by atoms with Gasteiger partial charge in [0.1, 0.15) is 6.61 Å². The summed E-state index contributed by atoms with van der Waals surface area (Å²) in [4.78, 5) is 20.2. The van der Waals surface area contributed by atoms with E-state index in [0.29, 0.717) is 6.54 Å². The molecule has 1 aromatic carbocycles. The van der Waals surface area contributed by atoms with Crippen molar-refractivity contribution in [2.75, 3.05) is 0 Å². The number of pyridine rings is 2. The second kappa shape index (κ2) is 7.87. The van der Waals surface area contributed by atoms with Crippen LogP contribution in [0.2, 0.25) is 0 Å². The van der Waals surface area contributed by atoms with E-state index in [4.69, 9.17) is 4.74 Å². The molecule has 0 bridgehead atoms. The van der Waals surface area contributed by atoms with Gasteiger partial charge in [-0.25, -0.2) is 4.79 Å². The van der Waals surface area contributed by atoms with E-state index in [0.717, 1.165) is 22.4 Å². The van der Waals surface area contributed by atoms with Gasteiger partial charge in [-0.3, -0.25) is 9.97 Å². The standard InChI is InChI=1S/C19H17N3O2/c23-19(24-14-15-5-2-1-3-6-15)22-12-16-8-10-21-18(11-16)17-7-4-9-20-13-17/h1-11,13H,12,14H2,(H,22,23). The molecule has 5 heteroatoms. The van der Waals surface area contributed by atoms with Crippen molar-refractivity contribution in [1.29, 1.82) is 0 Å². The number of ether oxygens (including phenoxy) is 1. The van der Waals surface area contributed by atoms with Gasteiger partial charge in [0.15, 0.2) is 0 Å². The molecule has 1 N–H and O–H groups in total. The molecule has 5 nitrogen and oxygen atoms in total. The van der Waals surface area contributed by atoms with Crippen LogP contribution < -0.4 is 5.32 Å². The Morgan fingerprint density at radius 2 is 1.88 bits per heavy atom. The molecule has 3 rings (SSSR count). The summed E-state index contributed by atoms with van der Waals surface area (Å²) >= 11 is 0. The third-order valence-electron chi connectivity index (χ3n) is 3.43. The van der Waals surface area contributed by atoms with Gasteiger partial charge in [-0.2, -0.15) is 0 Å². The van der Waals surface area contributed by atoms with Gasteiger partial charge in [-0.15, -0.1) is 0 Å². The van der Waals surface area contributed by atoms with Crippen LogP contribution in [0.1, 0.15) is 11.1 Å². The van der Waals surface area contributed by atoms with Crippen molar-refractivity contribution in [2.24, 2.45) is 0 Å². The fourth-order valence-corrected chi connectivity index (χ4v) is 2.20. The van der Waals surface area contributed by atoms with Gasteiger partial charge < -0.3 is 10.1 Å². The van der Waals surface area contributed by atoms with Crippen LogP contribution >= 0.6 is 0 Å². The van der Waals surface area contributed by atoms with Crippen molar-refractivity contribution in [2.45, 2.75) is 13.2 Å². The Labute approximate surface area is 140 Å². The van der Waals surface area contributed by atoms with Gasteiger partial charge in [0.2, 0.25) is 0 Å². The molecule has 1 amide bonds. The largest absolute Gasteiger partial charge is 0.445 e. The quantitative estimate of drug-likeness (QED) is 0.781. The lowest BCUT2D eigenvalue weighted by molar-refractivity contribution is 0.139. The number of nitrogens with one attached hydrogen (secondary N) is 1. The van der Waals surface area contributed by atoms with Crippen molar-refractivity contribution in [3.63, 3.8) is 0 Å². The first-order valence-electron chi connectivity index (χ1n) is 7.61. The molecule has 0 saturated carbocycles. The highest BCUT2D eigenvalue weighted by molar-refractivity contribution is 5.67. The molecule has 0 unspecified atom stereocenters. The molecule has 2 aromatic heterocycles. The van der Waals surface area contributed by atoms with Crippen LogP contribution in [-0.4, -0.2) is 16.1 Å². The lowest BCUT2D eigenvalue weighted by atomic mass is 10.1. The maximum Gasteiger partial charge on any atom is 0.407 e. The first kappa shape index (κ1) is 15.7. The number of benzene rings is 1. The molecule has 3 aromatic rings. The lowest BCUT2D eigenvalue weighted by Gasteiger charge is -2.08. The molecule has 0 aliphatic carbocycles. The highest BCUT2D eigenvalue weighted by Crippen LogP contribution is 2.16. The number of nitrogens with zero attached hydrogens (tertiary/aromatic N) is 2. The minimum absolute atomic E-state index is 0.254. The van der Waals surface area contributed by atoms with E-state index in [1.165, 1.54) is 0 Å². The molecule has 120 valence electrons. The Kier molecular flexibility index (Phi) is 5.14. The molecule has 0 fully saturated rings. The average Bonchev–Trinajstić information content (AvgIpc) is 2.66. The highest BCUT2D eigenvalue weighted by atomic mass is 16.5. The molecule has 2 heterocycles.